The molecule has 5 heteroatoms. The maximum Gasteiger partial charge on any atom is 0.250 e. The zero-order chi connectivity index (χ0) is 17.5. The molecule has 0 aromatic heterocycles. The number of aryl methyl sites for hydroxylation is 2. The average Bonchev–Trinajstić information content (AvgIpc) is 2.56. The molecule has 0 saturated carbocycles. The standard InChI is InChI=1S/C19H20N2O2S/c1-13-8-10-16(12-14(13)2)20-19(24)21-18(22)11-9-15-6-4-5-7-17(15)23-3/h4-12H,1-3H3,(H2,20,21,22,24)/b11-9+. The van der Waals surface area contributed by atoms with Crippen LogP contribution in [-0.4, -0.2) is 18.1 Å². The van der Waals surface area contributed by atoms with E-state index in [-0.39, 0.29) is 11.0 Å². The van der Waals surface area contributed by atoms with Crippen LogP contribution >= 0.6 is 12.2 Å². The molecule has 0 aliphatic rings. The fourth-order valence-corrected chi connectivity index (χ4v) is 2.32. The van der Waals surface area contributed by atoms with Gasteiger partial charge in [-0.25, -0.2) is 0 Å². The summed E-state index contributed by atoms with van der Waals surface area (Å²) < 4.78 is 5.24. The van der Waals surface area contributed by atoms with Gasteiger partial charge in [-0.3, -0.25) is 10.1 Å². The number of benzene rings is 2. The zero-order valence-corrected chi connectivity index (χ0v) is 14.7. The highest BCUT2D eigenvalue weighted by atomic mass is 32.1. The number of methoxy groups -OCH3 is 1. The summed E-state index contributed by atoms with van der Waals surface area (Å²) in [4.78, 5) is 12.0. The number of amides is 1. The molecule has 1 amide bonds. The second-order valence-electron chi connectivity index (χ2n) is 5.32. The number of rotatable bonds is 4. The van der Waals surface area contributed by atoms with Gasteiger partial charge in [-0.2, -0.15) is 0 Å². The zero-order valence-electron chi connectivity index (χ0n) is 13.9. The first-order valence-corrected chi connectivity index (χ1v) is 7.90. The minimum absolute atomic E-state index is 0.257. The molecule has 0 bridgehead atoms. The summed E-state index contributed by atoms with van der Waals surface area (Å²) in [7, 11) is 1.59. The Hall–Kier alpha value is -2.66. The molecule has 4 nitrogen and oxygen atoms in total. The molecule has 2 rings (SSSR count). The number of carbonyl (C=O) groups is 1. The largest absolute Gasteiger partial charge is 0.496 e. The quantitative estimate of drug-likeness (QED) is 0.656. The van der Waals surface area contributed by atoms with Gasteiger partial charge >= 0.3 is 0 Å². The van der Waals surface area contributed by atoms with Gasteiger partial charge in [-0.15, -0.1) is 0 Å². The van der Waals surface area contributed by atoms with E-state index in [1.807, 2.05) is 56.3 Å². The Morgan fingerprint density at radius 3 is 2.58 bits per heavy atom. The first-order valence-electron chi connectivity index (χ1n) is 7.50. The molecule has 0 atom stereocenters. The Kier molecular flexibility index (Phi) is 6.09. The Labute approximate surface area is 147 Å². The summed E-state index contributed by atoms with van der Waals surface area (Å²) in [5, 5.41) is 5.88. The third-order valence-electron chi connectivity index (χ3n) is 3.55. The number of para-hydroxylation sites is 1. The van der Waals surface area contributed by atoms with Crippen molar-refractivity contribution in [1.29, 1.82) is 0 Å². The lowest BCUT2D eigenvalue weighted by Crippen LogP contribution is -2.32. The van der Waals surface area contributed by atoms with Gasteiger partial charge in [0, 0.05) is 17.3 Å². The fraction of sp³-hybridized carbons (Fsp3) is 0.158. The van der Waals surface area contributed by atoms with E-state index in [0.717, 1.165) is 16.8 Å². The van der Waals surface area contributed by atoms with Gasteiger partial charge in [0.05, 0.1) is 7.11 Å². The van der Waals surface area contributed by atoms with Crippen molar-refractivity contribution in [2.24, 2.45) is 0 Å². The van der Waals surface area contributed by atoms with E-state index >= 15 is 0 Å². The molecule has 0 aliphatic carbocycles. The molecule has 0 radical (unpaired) electrons. The number of hydrogen-bond donors (Lipinski definition) is 2. The van der Waals surface area contributed by atoms with Crippen LogP contribution < -0.4 is 15.4 Å². The number of carbonyl (C=O) groups excluding carboxylic acids is 1. The van der Waals surface area contributed by atoms with E-state index in [4.69, 9.17) is 17.0 Å². The molecular weight excluding hydrogens is 320 g/mol. The van der Waals surface area contributed by atoms with E-state index in [1.54, 1.807) is 13.2 Å². The van der Waals surface area contributed by atoms with Crippen LogP contribution in [0.4, 0.5) is 5.69 Å². The summed E-state index contributed by atoms with van der Waals surface area (Å²) in [6.07, 6.45) is 3.11. The predicted molar refractivity (Wildman–Crippen MR) is 102 cm³/mol. The van der Waals surface area contributed by atoms with E-state index in [1.165, 1.54) is 11.6 Å². The van der Waals surface area contributed by atoms with Crippen molar-refractivity contribution in [2.75, 3.05) is 12.4 Å². The van der Waals surface area contributed by atoms with E-state index < -0.39 is 0 Å². The van der Waals surface area contributed by atoms with Crippen molar-refractivity contribution < 1.29 is 9.53 Å². The topological polar surface area (TPSA) is 50.4 Å². The summed E-state index contributed by atoms with van der Waals surface area (Å²) in [6.45, 7) is 4.07. The maximum atomic E-state index is 12.0. The monoisotopic (exact) mass is 340 g/mol. The average molecular weight is 340 g/mol. The second kappa shape index (κ2) is 8.26. The molecule has 0 unspecified atom stereocenters. The van der Waals surface area contributed by atoms with Gasteiger partial charge in [0.25, 0.3) is 0 Å². The fourth-order valence-electron chi connectivity index (χ4n) is 2.10. The Bertz CT molecular complexity index is 785. The van der Waals surface area contributed by atoms with Crippen LogP contribution in [0.25, 0.3) is 6.08 Å². The second-order valence-corrected chi connectivity index (χ2v) is 5.73. The molecular formula is C19H20N2O2S. The highest BCUT2D eigenvalue weighted by molar-refractivity contribution is 7.80. The molecule has 2 N–H and O–H groups in total. The molecule has 0 heterocycles. The number of ether oxygens (including phenoxy) is 1. The van der Waals surface area contributed by atoms with Crippen LogP contribution in [0.15, 0.2) is 48.5 Å². The van der Waals surface area contributed by atoms with Crippen molar-refractivity contribution in [1.82, 2.24) is 5.32 Å². The molecule has 0 saturated heterocycles. The van der Waals surface area contributed by atoms with Crippen LogP contribution in [0, 0.1) is 13.8 Å². The van der Waals surface area contributed by atoms with E-state index in [0.29, 0.717) is 5.75 Å². The van der Waals surface area contributed by atoms with Crippen molar-refractivity contribution in [3.63, 3.8) is 0 Å². The predicted octanol–water partition coefficient (Wildman–Crippen LogP) is 3.84. The summed E-state index contributed by atoms with van der Waals surface area (Å²) in [6, 6.07) is 13.4. The number of nitrogens with one attached hydrogen (secondary N) is 2. The summed E-state index contributed by atoms with van der Waals surface area (Å²) in [5.74, 6) is 0.402. The van der Waals surface area contributed by atoms with Crippen LogP contribution in [0.5, 0.6) is 5.75 Å². The van der Waals surface area contributed by atoms with Gasteiger partial charge < -0.3 is 10.1 Å². The normalized spacial score (nSPS) is 10.5. The first kappa shape index (κ1) is 17.7. The molecule has 0 aliphatic heterocycles. The third kappa shape index (κ3) is 4.93. The number of hydrogen-bond acceptors (Lipinski definition) is 3. The molecule has 24 heavy (non-hydrogen) atoms. The smallest absolute Gasteiger partial charge is 0.250 e. The van der Waals surface area contributed by atoms with Gasteiger partial charge in [0.15, 0.2) is 5.11 Å². The lowest BCUT2D eigenvalue weighted by atomic mass is 10.1. The van der Waals surface area contributed by atoms with Crippen molar-refractivity contribution >= 4 is 35.0 Å². The minimum atomic E-state index is -0.303. The van der Waals surface area contributed by atoms with E-state index in [9.17, 15) is 4.79 Å². The molecule has 0 spiro atoms. The minimum Gasteiger partial charge on any atom is -0.496 e. The molecule has 2 aromatic carbocycles. The number of anilines is 1. The Morgan fingerprint density at radius 1 is 1.12 bits per heavy atom. The lowest BCUT2D eigenvalue weighted by molar-refractivity contribution is -0.115. The highest BCUT2D eigenvalue weighted by Crippen LogP contribution is 2.18. The van der Waals surface area contributed by atoms with Crippen molar-refractivity contribution in [3.05, 3.63) is 65.2 Å². The van der Waals surface area contributed by atoms with E-state index in [2.05, 4.69) is 10.6 Å². The molecule has 0 fully saturated rings. The SMILES string of the molecule is COc1ccccc1/C=C/C(=O)NC(=S)Nc1ccc(C)c(C)c1. The summed E-state index contributed by atoms with van der Waals surface area (Å²) in [5.41, 5.74) is 4.03. The summed E-state index contributed by atoms with van der Waals surface area (Å²) >= 11 is 5.17. The van der Waals surface area contributed by atoms with Gasteiger partial charge in [-0.1, -0.05) is 24.3 Å². The van der Waals surface area contributed by atoms with Crippen molar-refractivity contribution in [2.45, 2.75) is 13.8 Å². The first-order chi connectivity index (χ1) is 11.5. The highest BCUT2D eigenvalue weighted by Gasteiger charge is 2.03. The third-order valence-corrected chi connectivity index (χ3v) is 3.76. The molecule has 2 aromatic rings. The van der Waals surface area contributed by atoms with Crippen LogP contribution in [0.3, 0.4) is 0 Å². The van der Waals surface area contributed by atoms with Crippen LogP contribution in [-0.2, 0) is 4.79 Å². The van der Waals surface area contributed by atoms with Crippen LogP contribution in [0.2, 0.25) is 0 Å². The Morgan fingerprint density at radius 2 is 1.88 bits per heavy atom. The Balaban J connectivity index is 1.95. The lowest BCUT2D eigenvalue weighted by Gasteiger charge is -2.10. The van der Waals surface area contributed by atoms with Crippen molar-refractivity contribution in [3.8, 4) is 5.75 Å². The van der Waals surface area contributed by atoms with Gasteiger partial charge in [-0.05, 0) is 61.5 Å². The maximum absolute atomic E-state index is 12.0. The number of thiocarbonyl (C=S) groups is 1. The van der Waals surface area contributed by atoms with Crippen LogP contribution in [0.1, 0.15) is 16.7 Å². The molecule has 124 valence electrons. The van der Waals surface area contributed by atoms with Gasteiger partial charge in [0.2, 0.25) is 5.91 Å². The van der Waals surface area contributed by atoms with Gasteiger partial charge in [0.1, 0.15) is 5.75 Å².